The van der Waals surface area contributed by atoms with Crippen molar-refractivity contribution in [3.63, 3.8) is 0 Å². The van der Waals surface area contributed by atoms with Crippen molar-refractivity contribution < 1.29 is 38.9 Å². The van der Waals surface area contributed by atoms with E-state index in [-0.39, 0.29) is 11.3 Å². The third kappa shape index (κ3) is 10.3. The van der Waals surface area contributed by atoms with Gasteiger partial charge in [-0.25, -0.2) is 4.79 Å². The molecule has 3 amide bonds. The maximum absolute atomic E-state index is 13.8. The summed E-state index contributed by atoms with van der Waals surface area (Å²) < 4.78 is 9.82. The van der Waals surface area contributed by atoms with E-state index >= 15 is 0 Å². The van der Waals surface area contributed by atoms with Crippen LogP contribution in [0.3, 0.4) is 0 Å². The molecule has 1 rings (SSSR count). The summed E-state index contributed by atoms with van der Waals surface area (Å²) in [6, 6.07) is 2.66. The zero-order valence-electron chi connectivity index (χ0n) is 22.7. The largest absolute Gasteiger partial charge is 0.508 e. The zero-order valence-corrected chi connectivity index (χ0v) is 22.7. The number of para-hydroxylation sites is 1. The Bertz CT molecular complexity index is 929. The molecule has 0 saturated heterocycles. The van der Waals surface area contributed by atoms with E-state index in [0.717, 1.165) is 0 Å². The van der Waals surface area contributed by atoms with E-state index in [1.165, 1.54) is 24.1 Å². The van der Waals surface area contributed by atoms with Crippen molar-refractivity contribution in [3.05, 3.63) is 29.8 Å². The van der Waals surface area contributed by atoms with Crippen molar-refractivity contribution in [2.24, 2.45) is 5.92 Å². The highest BCUT2D eigenvalue weighted by atomic mass is 16.6. The molecule has 0 aliphatic rings. The highest BCUT2D eigenvalue weighted by molar-refractivity contribution is 5.93. The maximum atomic E-state index is 13.8. The van der Waals surface area contributed by atoms with Gasteiger partial charge in [0.15, 0.2) is 0 Å². The molecule has 0 aliphatic carbocycles. The van der Waals surface area contributed by atoms with Crippen molar-refractivity contribution in [1.82, 2.24) is 15.5 Å². The second-order valence-corrected chi connectivity index (χ2v) is 10.2. The molecule has 1 aromatic carbocycles. The molecule has 0 heterocycles. The summed E-state index contributed by atoms with van der Waals surface area (Å²) in [6.07, 6.45) is 0.289. The molecule has 4 N–H and O–H groups in total. The smallest absolute Gasteiger partial charge is 0.408 e. The molecule has 1 aromatic rings. The Morgan fingerprint density at radius 3 is 2.19 bits per heavy atom. The molecular weight excluding hydrogens is 482 g/mol. The molecule has 11 nitrogen and oxygen atoms in total. The minimum atomic E-state index is -1.43. The molecular formula is C26H41N3O8. The molecule has 3 atom stereocenters. The van der Waals surface area contributed by atoms with Crippen molar-refractivity contribution in [3.8, 4) is 5.75 Å². The fraction of sp³-hybridized carbons (Fsp3) is 0.615. The monoisotopic (exact) mass is 523 g/mol. The first-order chi connectivity index (χ1) is 17.2. The molecule has 3 unspecified atom stereocenters. The summed E-state index contributed by atoms with van der Waals surface area (Å²) in [6.45, 7) is 9.52. The van der Waals surface area contributed by atoms with Crippen LogP contribution in [0.5, 0.6) is 5.75 Å². The molecule has 0 aliphatic heterocycles. The number of amides is 3. The minimum absolute atomic E-state index is 0.114. The minimum Gasteiger partial charge on any atom is -0.508 e. The molecule has 208 valence electrons. The number of ether oxygens (including phenoxy) is 2. The van der Waals surface area contributed by atoms with Gasteiger partial charge in [0.1, 0.15) is 30.0 Å². The van der Waals surface area contributed by atoms with E-state index in [0.29, 0.717) is 18.8 Å². The summed E-state index contributed by atoms with van der Waals surface area (Å²) in [5, 5.41) is 25.4. The Morgan fingerprint density at radius 2 is 1.68 bits per heavy atom. The van der Waals surface area contributed by atoms with Crippen LogP contribution in [0.2, 0.25) is 0 Å². The van der Waals surface area contributed by atoms with Crippen molar-refractivity contribution in [2.75, 3.05) is 20.3 Å². The van der Waals surface area contributed by atoms with Crippen molar-refractivity contribution >= 4 is 23.9 Å². The quantitative estimate of drug-likeness (QED) is 0.304. The number of aliphatic hydroxyl groups excluding tert-OH is 1. The predicted molar refractivity (Wildman–Crippen MR) is 136 cm³/mol. The van der Waals surface area contributed by atoms with E-state index in [9.17, 15) is 29.4 Å². The number of aromatic hydroxyl groups is 1. The number of rotatable bonds is 12. The van der Waals surface area contributed by atoms with Crippen LogP contribution in [0.1, 0.15) is 66.0 Å². The van der Waals surface area contributed by atoms with E-state index in [1.807, 2.05) is 13.8 Å². The van der Waals surface area contributed by atoms with Crippen LogP contribution in [0.15, 0.2) is 24.3 Å². The number of benzene rings is 1. The van der Waals surface area contributed by atoms with E-state index < -0.39 is 60.8 Å². The number of carbonyl (C=O) groups is 4. The Morgan fingerprint density at radius 1 is 1.05 bits per heavy atom. The van der Waals surface area contributed by atoms with Crippen molar-refractivity contribution in [1.29, 1.82) is 0 Å². The summed E-state index contributed by atoms with van der Waals surface area (Å²) in [4.78, 5) is 52.6. The van der Waals surface area contributed by atoms with E-state index in [1.54, 1.807) is 39.8 Å². The molecule has 0 bridgehead atoms. The summed E-state index contributed by atoms with van der Waals surface area (Å²) in [7, 11) is 1.17. The van der Waals surface area contributed by atoms with E-state index in [2.05, 4.69) is 15.4 Å². The molecule has 0 fully saturated rings. The third-order valence-electron chi connectivity index (χ3n) is 5.46. The first-order valence-electron chi connectivity index (χ1n) is 12.3. The summed E-state index contributed by atoms with van der Waals surface area (Å²) in [5.74, 6) is -2.15. The van der Waals surface area contributed by atoms with Gasteiger partial charge in [-0.05, 0) is 52.5 Å². The van der Waals surface area contributed by atoms with Crippen LogP contribution < -0.4 is 10.6 Å². The Balaban J connectivity index is 3.53. The number of hydrogen-bond donors (Lipinski definition) is 4. The number of hydrogen-bond acceptors (Lipinski definition) is 8. The molecule has 11 heteroatoms. The number of aliphatic hydroxyl groups is 1. The Hall–Kier alpha value is -3.34. The number of nitrogens with one attached hydrogen (secondary N) is 2. The lowest BCUT2D eigenvalue weighted by atomic mass is 9.96. The SMILES string of the molecule is COC(=O)CNC(=O)C(c1ccccc1O)N(C(=O)C(CO)NC(=O)OC(C)(C)C)C(C)CCC(C)C. The fourth-order valence-electron chi connectivity index (χ4n) is 3.59. The highest BCUT2D eigenvalue weighted by Crippen LogP contribution is 2.32. The lowest BCUT2D eigenvalue weighted by Crippen LogP contribution is -2.57. The van der Waals surface area contributed by atoms with Gasteiger partial charge in [-0.1, -0.05) is 32.0 Å². The van der Waals surface area contributed by atoms with Gasteiger partial charge in [0.2, 0.25) is 11.8 Å². The number of alkyl carbamates (subject to hydrolysis) is 1. The van der Waals surface area contributed by atoms with Crippen LogP contribution in [0.4, 0.5) is 4.79 Å². The topological polar surface area (TPSA) is 154 Å². The predicted octanol–water partition coefficient (Wildman–Crippen LogP) is 2.26. The van der Waals surface area contributed by atoms with Gasteiger partial charge in [0.05, 0.1) is 13.7 Å². The van der Waals surface area contributed by atoms with Gasteiger partial charge in [-0.15, -0.1) is 0 Å². The average Bonchev–Trinajstić information content (AvgIpc) is 2.81. The van der Waals surface area contributed by atoms with Gasteiger partial charge in [-0.2, -0.15) is 0 Å². The zero-order chi connectivity index (χ0) is 28.3. The second-order valence-electron chi connectivity index (χ2n) is 10.2. The van der Waals surface area contributed by atoms with Crippen LogP contribution in [-0.2, 0) is 23.9 Å². The number of phenols is 1. The number of methoxy groups -OCH3 is 1. The molecule has 0 radical (unpaired) electrons. The van der Waals surface area contributed by atoms with Gasteiger partial charge < -0.3 is 35.2 Å². The molecule has 0 saturated carbocycles. The molecule has 37 heavy (non-hydrogen) atoms. The van der Waals surface area contributed by atoms with Gasteiger partial charge in [-0.3, -0.25) is 14.4 Å². The lowest BCUT2D eigenvalue weighted by Gasteiger charge is -2.38. The fourth-order valence-corrected chi connectivity index (χ4v) is 3.59. The summed E-state index contributed by atoms with van der Waals surface area (Å²) >= 11 is 0. The van der Waals surface area contributed by atoms with Crippen LogP contribution in [0.25, 0.3) is 0 Å². The van der Waals surface area contributed by atoms with Gasteiger partial charge in [0, 0.05) is 11.6 Å². The summed E-state index contributed by atoms with van der Waals surface area (Å²) in [5.41, 5.74) is -0.729. The number of esters is 1. The van der Waals surface area contributed by atoms with E-state index in [4.69, 9.17) is 4.74 Å². The Labute approximate surface area is 218 Å². The molecule has 0 spiro atoms. The standard InChI is InChI=1S/C26H41N3O8/c1-16(2)12-13-17(3)29(24(34)19(15-30)28-25(35)37-26(4,5)6)22(18-10-8-9-11-20(18)31)23(33)27-14-21(32)36-7/h8-11,16-17,19,22,30-31H,12-15H2,1-7H3,(H,27,33)(H,28,35). The third-order valence-corrected chi connectivity index (χ3v) is 5.46. The average molecular weight is 524 g/mol. The highest BCUT2D eigenvalue weighted by Gasteiger charge is 2.39. The van der Waals surface area contributed by atoms with Crippen molar-refractivity contribution in [2.45, 2.75) is 78.1 Å². The van der Waals surface area contributed by atoms with Crippen LogP contribution in [-0.4, -0.2) is 76.9 Å². The number of phenolic OH excluding ortho intramolecular Hbond substituents is 1. The van der Waals surface area contributed by atoms with Crippen LogP contribution >= 0.6 is 0 Å². The maximum Gasteiger partial charge on any atom is 0.408 e. The van der Waals surface area contributed by atoms with Crippen LogP contribution in [0, 0.1) is 5.92 Å². The first kappa shape index (κ1) is 31.7. The Kier molecular flexibility index (Phi) is 12.3. The lowest BCUT2D eigenvalue weighted by molar-refractivity contribution is -0.147. The normalized spacial score (nSPS) is 13.8. The van der Waals surface area contributed by atoms with Gasteiger partial charge >= 0.3 is 12.1 Å². The van der Waals surface area contributed by atoms with Gasteiger partial charge in [0.25, 0.3) is 0 Å². The number of nitrogens with zero attached hydrogens (tertiary/aromatic N) is 1. The number of carbonyl (C=O) groups excluding carboxylic acids is 4. The molecule has 0 aromatic heterocycles. The second kappa shape index (κ2) is 14.4. The first-order valence-corrected chi connectivity index (χ1v) is 12.3.